The highest BCUT2D eigenvalue weighted by Crippen LogP contribution is 2.34. The van der Waals surface area contributed by atoms with Crippen LogP contribution in [0.15, 0.2) is 42.5 Å². The number of nitrogens with one attached hydrogen (secondary N) is 1. The van der Waals surface area contributed by atoms with E-state index in [2.05, 4.69) is 5.32 Å². The number of methoxy groups -OCH3 is 2. The van der Waals surface area contributed by atoms with E-state index < -0.39 is 0 Å². The molecule has 0 fully saturated rings. The van der Waals surface area contributed by atoms with E-state index in [0.29, 0.717) is 33.3 Å². The lowest BCUT2D eigenvalue weighted by Crippen LogP contribution is -2.06. The Morgan fingerprint density at radius 3 is 2.54 bits per heavy atom. The molecule has 1 N–H and O–H groups in total. The highest BCUT2D eigenvalue weighted by molar-refractivity contribution is 6.36. The topological polar surface area (TPSA) is 64.6 Å². The molecule has 1 heterocycles. The monoisotopic (exact) mass is 343 g/mol. The van der Waals surface area contributed by atoms with E-state index in [1.165, 1.54) is 20.3 Å². The molecule has 3 rings (SSSR count). The summed E-state index contributed by atoms with van der Waals surface area (Å²) in [5.74, 6) is 0.327. The van der Waals surface area contributed by atoms with Crippen molar-refractivity contribution in [2.75, 3.05) is 19.5 Å². The summed E-state index contributed by atoms with van der Waals surface area (Å²) in [5.41, 5.74) is 1.92. The van der Waals surface area contributed by atoms with Crippen LogP contribution in [-0.4, -0.2) is 25.9 Å². The van der Waals surface area contributed by atoms with Gasteiger partial charge in [0.2, 0.25) is 0 Å². The number of carbonyl (C=O) groups is 2. The molecule has 0 saturated carbocycles. The zero-order valence-electron chi connectivity index (χ0n) is 13.1. The second kappa shape index (κ2) is 6.37. The summed E-state index contributed by atoms with van der Waals surface area (Å²) >= 11 is 5.98. The molecule has 0 bridgehead atoms. The number of benzene rings is 2. The fraction of sp³-hybridized carbons (Fsp3) is 0.111. The van der Waals surface area contributed by atoms with Crippen LogP contribution in [0.2, 0.25) is 5.02 Å². The Kier molecular flexibility index (Phi) is 4.27. The van der Waals surface area contributed by atoms with Gasteiger partial charge in [0.05, 0.1) is 19.8 Å². The number of ether oxygens (including phenoxy) is 2. The van der Waals surface area contributed by atoms with Crippen molar-refractivity contribution in [3.63, 3.8) is 0 Å². The van der Waals surface area contributed by atoms with Crippen molar-refractivity contribution in [3.8, 4) is 11.5 Å². The highest BCUT2D eigenvalue weighted by Gasteiger charge is 2.25. The number of fused-ring (bicyclic) bond motifs is 1. The van der Waals surface area contributed by atoms with Crippen molar-refractivity contribution >= 4 is 34.6 Å². The van der Waals surface area contributed by atoms with E-state index in [1.54, 1.807) is 36.4 Å². The van der Waals surface area contributed by atoms with E-state index in [-0.39, 0.29) is 17.3 Å². The summed E-state index contributed by atoms with van der Waals surface area (Å²) in [5, 5.41) is 3.20. The fourth-order valence-electron chi connectivity index (χ4n) is 2.51. The summed E-state index contributed by atoms with van der Waals surface area (Å²) in [4.78, 5) is 24.6. The molecule has 0 saturated heterocycles. The number of allylic oxidation sites excluding steroid dienone is 1. The Morgan fingerprint density at radius 1 is 1.08 bits per heavy atom. The number of rotatable bonds is 4. The van der Waals surface area contributed by atoms with E-state index in [1.807, 2.05) is 0 Å². The largest absolute Gasteiger partial charge is 0.493 e. The number of ketones is 1. The minimum Gasteiger partial charge on any atom is -0.493 e. The van der Waals surface area contributed by atoms with Crippen molar-refractivity contribution in [2.45, 2.75) is 0 Å². The minimum absolute atomic E-state index is 0.285. The Labute approximate surface area is 143 Å². The third kappa shape index (κ3) is 2.86. The van der Waals surface area contributed by atoms with Gasteiger partial charge in [0.15, 0.2) is 17.3 Å². The third-order valence-corrected chi connectivity index (χ3v) is 3.94. The molecular formula is C18H14ClNO4. The second-order valence-electron chi connectivity index (χ2n) is 5.14. The van der Waals surface area contributed by atoms with Gasteiger partial charge in [0.1, 0.15) is 0 Å². The highest BCUT2D eigenvalue weighted by atomic mass is 35.5. The predicted molar refractivity (Wildman–Crippen MR) is 91.9 cm³/mol. The molecule has 24 heavy (non-hydrogen) atoms. The summed E-state index contributed by atoms with van der Waals surface area (Å²) in [6, 6.07) is 9.88. The number of amides is 1. The summed E-state index contributed by atoms with van der Waals surface area (Å²) < 4.78 is 10.3. The number of carbonyl (C=O) groups excluding carboxylic acids is 2. The molecule has 0 atom stereocenters. The first kappa shape index (κ1) is 16.1. The van der Waals surface area contributed by atoms with Crippen LogP contribution in [0, 0.1) is 0 Å². The maximum atomic E-state index is 12.5. The van der Waals surface area contributed by atoms with Crippen LogP contribution in [0.4, 0.5) is 5.69 Å². The molecule has 1 aliphatic rings. The number of hydrogen-bond donors (Lipinski definition) is 1. The third-order valence-electron chi connectivity index (χ3n) is 3.71. The summed E-state index contributed by atoms with van der Waals surface area (Å²) in [7, 11) is 3.01. The predicted octanol–water partition coefficient (Wildman–Crippen LogP) is 3.58. The van der Waals surface area contributed by atoms with Gasteiger partial charge in [-0.3, -0.25) is 9.59 Å². The van der Waals surface area contributed by atoms with Crippen molar-refractivity contribution in [3.05, 3.63) is 58.6 Å². The van der Waals surface area contributed by atoms with E-state index >= 15 is 0 Å². The number of anilines is 1. The Morgan fingerprint density at radius 2 is 1.83 bits per heavy atom. The Hall–Kier alpha value is -2.79. The van der Waals surface area contributed by atoms with Crippen LogP contribution in [0.5, 0.6) is 11.5 Å². The lowest BCUT2D eigenvalue weighted by atomic mass is 10.0. The van der Waals surface area contributed by atoms with Gasteiger partial charge in [-0.05, 0) is 42.5 Å². The van der Waals surface area contributed by atoms with E-state index in [4.69, 9.17) is 21.1 Å². The minimum atomic E-state index is -0.332. The molecule has 1 aliphatic heterocycles. The summed E-state index contributed by atoms with van der Waals surface area (Å²) in [6.45, 7) is 0. The first-order chi connectivity index (χ1) is 11.5. The molecule has 0 radical (unpaired) electrons. The maximum absolute atomic E-state index is 12.5. The molecule has 2 aromatic carbocycles. The zero-order valence-corrected chi connectivity index (χ0v) is 13.8. The number of halogens is 1. The fourth-order valence-corrected chi connectivity index (χ4v) is 2.68. The smallest absolute Gasteiger partial charge is 0.256 e. The van der Waals surface area contributed by atoms with Gasteiger partial charge in [-0.2, -0.15) is 0 Å². The maximum Gasteiger partial charge on any atom is 0.256 e. The van der Waals surface area contributed by atoms with Crippen LogP contribution in [0.3, 0.4) is 0 Å². The van der Waals surface area contributed by atoms with Crippen molar-refractivity contribution in [1.29, 1.82) is 0 Å². The van der Waals surface area contributed by atoms with Gasteiger partial charge in [-0.1, -0.05) is 11.6 Å². The molecule has 0 aromatic heterocycles. The van der Waals surface area contributed by atoms with Gasteiger partial charge in [0, 0.05) is 21.8 Å². The van der Waals surface area contributed by atoms with Crippen molar-refractivity contribution < 1.29 is 19.1 Å². The molecule has 6 heteroatoms. The molecule has 0 spiro atoms. The van der Waals surface area contributed by atoms with Crippen LogP contribution < -0.4 is 14.8 Å². The van der Waals surface area contributed by atoms with Gasteiger partial charge in [0.25, 0.3) is 5.91 Å². The number of hydrogen-bond acceptors (Lipinski definition) is 4. The van der Waals surface area contributed by atoms with E-state index in [0.717, 1.165) is 0 Å². The van der Waals surface area contributed by atoms with Gasteiger partial charge < -0.3 is 14.8 Å². The zero-order chi connectivity index (χ0) is 17.3. The van der Waals surface area contributed by atoms with Crippen LogP contribution in [0.1, 0.15) is 15.9 Å². The van der Waals surface area contributed by atoms with Crippen LogP contribution >= 0.6 is 11.6 Å². The first-order valence-corrected chi connectivity index (χ1v) is 7.50. The lowest BCUT2D eigenvalue weighted by molar-refractivity contribution is -0.110. The van der Waals surface area contributed by atoms with Crippen molar-refractivity contribution in [2.24, 2.45) is 0 Å². The molecule has 0 unspecified atom stereocenters. The first-order valence-electron chi connectivity index (χ1n) is 7.13. The van der Waals surface area contributed by atoms with Gasteiger partial charge >= 0.3 is 0 Å². The quantitative estimate of drug-likeness (QED) is 0.680. The molecule has 2 aromatic rings. The molecular weight excluding hydrogens is 330 g/mol. The van der Waals surface area contributed by atoms with Gasteiger partial charge in [-0.15, -0.1) is 0 Å². The Balaban J connectivity index is 1.99. The standard InChI is InChI=1S/C18H14ClNO4/c1-23-16-6-3-10(7-17(16)24-2)15(21)9-13-12-8-11(19)4-5-14(12)20-18(13)22/h3-9H,1-2H3,(H,20,22)/b13-9-. The van der Waals surface area contributed by atoms with Crippen LogP contribution in [0.25, 0.3) is 5.57 Å². The average Bonchev–Trinajstić information content (AvgIpc) is 2.89. The molecule has 122 valence electrons. The molecule has 1 amide bonds. The molecule has 5 nitrogen and oxygen atoms in total. The SMILES string of the molecule is COc1ccc(C(=O)/C=C2\C(=O)Nc3ccc(Cl)cc32)cc1OC. The van der Waals surface area contributed by atoms with Gasteiger partial charge in [-0.25, -0.2) is 0 Å². The van der Waals surface area contributed by atoms with E-state index in [9.17, 15) is 9.59 Å². The van der Waals surface area contributed by atoms with Crippen LogP contribution in [-0.2, 0) is 4.79 Å². The second-order valence-corrected chi connectivity index (χ2v) is 5.57. The van der Waals surface area contributed by atoms with Crippen molar-refractivity contribution in [1.82, 2.24) is 0 Å². The summed E-state index contributed by atoms with van der Waals surface area (Å²) in [6.07, 6.45) is 1.30. The molecule has 0 aliphatic carbocycles. The Bertz CT molecular complexity index is 873. The normalized spacial score (nSPS) is 14.3. The average molecular weight is 344 g/mol. The lowest BCUT2D eigenvalue weighted by Gasteiger charge is -2.08.